The molecule has 96 valence electrons. The van der Waals surface area contributed by atoms with Gasteiger partial charge < -0.3 is 9.84 Å². The minimum atomic E-state index is -0.236. The van der Waals surface area contributed by atoms with Crippen molar-refractivity contribution in [2.24, 2.45) is 0 Å². The SMILES string of the molecule is CC(O)CCc1ccc(OCc2cccs2)cc1. The van der Waals surface area contributed by atoms with E-state index >= 15 is 0 Å². The Hall–Kier alpha value is -1.32. The highest BCUT2D eigenvalue weighted by atomic mass is 32.1. The average Bonchev–Trinajstić information content (AvgIpc) is 2.88. The fourth-order valence-electron chi connectivity index (χ4n) is 1.68. The molecule has 0 spiro atoms. The van der Waals surface area contributed by atoms with E-state index in [2.05, 4.69) is 23.6 Å². The van der Waals surface area contributed by atoms with Crippen molar-refractivity contribution in [2.45, 2.75) is 32.5 Å². The first-order valence-corrected chi connectivity index (χ1v) is 7.04. The number of hydrogen-bond acceptors (Lipinski definition) is 3. The molecule has 0 bridgehead atoms. The standard InChI is InChI=1S/C15H18O2S/c1-12(16)4-5-13-6-8-14(9-7-13)17-11-15-3-2-10-18-15/h2-3,6-10,12,16H,4-5,11H2,1H3. The molecular weight excluding hydrogens is 244 g/mol. The van der Waals surface area contributed by atoms with Crippen LogP contribution in [0.5, 0.6) is 5.75 Å². The molecule has 1 atom stereocenters. The predicted molar refractivity (Wildman–Crippen MR) is 75.1 cm³/mol. The molecule has 1 aromatic carbocycles. The molecule has 0 radical (unpaired) electrons. The number of aliphatic hydroxyl groups is 1. The van der Waals surface area contributed by atoms with Crippen LogP contribution in [-0.4, -0.2) is 11.2 Å². The van der Waals surface area contributed by atoms with Gasteiger partial charge >= 0.3 is 0 Å². The highest BCUT2D eigenvalue weighted by molar-refractivity contribution is 7.09. The topological polar surface area (TPSA) is 29.5 Å². The maximum absolute atomic E-state index is 9.23. The Balaban J connectivity index is 1.83. The predicted octanol–water partition coefficient (Wildman–Crippen LogP) is 3.64. The first-order valence-electron chi connectivity index (χ1n) is 6.16. The molecule has 0 amide bonds. The Morgan fingerprint density at radius 2 is 2.00 bits per heavy atom. The molecule has 0 saturated carbocycles. The minimum Gasteiger partial charge on any atom is -0.488 e. The summed E-state index contributed by atoms with van der Waals surface area (Å²) in [6.07, 6.45) is 1.47. The van der Waals surface area contributed by atoms with Gasteiger partial charge in [-0.2, -0.15) is 0 Å². The zero-order valence-electron chi connectivity index (χ0n) is 10.5. The summed E-state index contributed by atoms with van der Waals surface area (Å²) < 4.78 is 5.69. The smallest absolute Gasteiger partial charge is 0.122 e. The molecule has 0 aliphatic heterocycles. The number of hydrogen-bond donors (Lipinski definition) is 1. The van der Waals surface area contributed by atoms with Crippen LogP contribution in [0, 0.1) is 0 Å². The molecule has 18 heavy (non-hydrogen) atoms. The van der Waals surface area contributed by atoms with Crippen LogP contribution in [0.25, 0.3) is 0 Å². The van der Waals surface area contributed by atoms with Gasteiger partial charge in [0.05, 0.1) is 6.10 Å². The summed E-state index contributed by atoms with van der Waals surface area (Å²) in [4.78, 5) is 1.23. The second kappa shape index (κ2) is 6.57. The molecule has 0 saturated heterocycles. The average molecular weight is 262 g/mol. The van der Waals surface area contributed by atoms with E-state index in [1.165, 1.54) is 10.4 Å². The molecule has 0 aliphatic rings. The van der Waals surface area contributed by atoms with Gasteiger partial charge in [-0.1, -0.05) is 18.2 Å². The van der Waals surface area contributed by atoms with Crippen LogP contribution in [0.4, 0.5) is 0 Å². The lowest BCUT2D eigenvalue weighted by atomic mass is 10.1. The maximum atomic E-state index is 9.23. The van der Waals surface area contributed by atoms with Crippen molar-refractivity contribution in [1.82, 2.24) is 0 Å². The van der Waals surface area contributed by atoms with Crippen LogP contribution < -0.4 is 4.74 Å². The van der Waals surface area contributed by atoms with Crippen molar-refractivity contribution in [1.29, 1.82) is 0 Å². The zero-order chi connectivity index (χ0) is 12.8. The van der Waals surface area contributed by atoms with E-state index in [1.54, 1.807) is 11.3 Å². The maximum Gasteiger partial charge on any atom is 0.122 e. The first-order chi connectivity index (χ1) is 8.74. The largest absolute Gasteiger partial charge is 0.488 e. The van der Waals surface area contributed by atoms with E-state index in [1.807, 2.05) is 25.1 Å². The molecule has 2 nitrogen and oxygen atoms in total. The lowest BCUT2D eigenvalue weighted by Crippen LogP contribution is -2.01. The second-order valence-electron chi connectivity index (χ2n) is 4.40. The summed E-state index contributed by atoms with van der Waals surface area (Å²) in [6.45, 7) is 2.45. The number of rotatable bonds is 6. The summed E-state index contributed by atoms with van der Waals surface area (Å²) >= 11 is 1.70. The number of thiophene rings is 1. The number of aliphatic hydroxyl groups excluding tert-OH is 1. The third-order valence-electron chi connectivity index (χ3n) is 2.74. The molecule has 3 heteroatoms. The fourth-order valence-corrected chi connectivity index (χ4v) is 2.29. The van der Waals surface area contributed by atoms with E-state index in [0.29, 0.717) is 6.61 Å². The lowest BCUT2D eigenvalue weighted by molar-refractivity contribution is 0.185. The number of aryl methyl sites for hydroxylation is 1. The summed E-state index contributed by atoms with van der Waals surface area (Å²) in [5.74, 6) is 0.893. The highest BCUT2D eigenvalue weighted by Crippen LogP contribution is 2.17. The molecule has 1 aromatic heterocycles. The van der Waals surface area contributed by atoms with Crippen molar-refractivity contribution in [3.05, 3.63) is 52.2 Å². The Morgan fingerprint density at radius 1 is 1.22 bits per heavy atom. The Bertz CT molecular complexity index is 446. The summed E-state index contributed by atoms with van der Waals surface area (Å²) in [5, 5.41) is 11.3. The molecular formula is C15H18O2S. The third-order valence-corrected chi connectivity index (χ3v) is 3.59. The van der Waals surface area contributed by atoms with Crippen molar-refractivity contribution < 1.29 is 9.84 Å². The van der Waals surface area contributed by atoms with E-state index in [4.69, 9.17) is 4.74 Å². The summed E-state index contributed by atoms with van der Waals surface area (Å²) in [7, 11) is 0. The Labute approximate surface area is 112 Å². The summed E-state index contributed by atoms with van der Waals surface area (Å²) in [5.41, 5.74) is 1.24. The third kappa shape index (κ3) is 4.17. The Morgan fingerprint density at radius 3 is 2.61 bits per heavy atom. The molecule has 1 unspecified atom stereocenters. The van der Waals surface area contributed by atoms with Gasteiger partial charge in [-0.25, -0.2) is 0 Å². The number of ether oxygens (including phenoxy) is 1. The first kappa shape index (κ1) is 13.1. The van der Waals surface area contributed by atoms with Gasteiger partial charge in [0.25, 0.3) is 0 Å². The van der Waals surface area contributed by atoms with Crippen molar-refractivity contribution in [3.63, 3.8) is 0 Å². The quantitative estimate of drug-likeness (QED) is 0.861. The second-order valence-corrected chi connectivity index (χ2v) is 5.43. The van der Waals surface area contributed by atoms with Crippen LogP contribution in [0.15, 0.2) is 41.8 Å². The molecule has 2 rings (SSSR count). The van der Waals surface area contributed by atoms with Crippen LogP contribution >= 0.6 is 11.3 Å². The van der Waals surface area contributed by atoms with Gasteiger partial charge in [-0.15, -0.1) is 11.3 Å². The van der Waals surface area contributed by atoms with E-state index in [-0.39, 0.29) is 6.10 Å². The molecule has 0 fully saturated rings. The van der Waals surface area contributed by atoms with Crippen LogP contribution in [0.1, 0.15) is 23.8 Å². The van der Waals surface area contributed by atoms with Gasteiger partial charge in [-0.05, 0) is 48.9 Å². The molecule has 1 N–H and O–H groups in total. The summed E-state index contributed by atoms with van der Waals surface area (Å²) in [6, 6.07) is 12.2. The highest BCUT2D eigenvalue weighted by Gasteiger charge is 2.00. The van der Waals surface area contributed by atoms with Gasteiger partial charge in [0.1, 0.15) is 12.4 Å². The number of benzene rings is 1. The van der Waals surface area contributed by atoms with Gasteiger partial charge in [0.2, 0.25) is 0 Å². The molecule has 1 heterocycles. The van der Waals surface area contributed by atoms with Crippen LogP contribution in [0.2, 0.25) is 0 Å². The van der Waals surface area contributed by atoms with Crippen LogP contribution in [0.3, 0.4) is 0 Å². The monoisotopic (exact) mass is 262 g/mol. The van der Waals surface area contributed by atoms with Gasteiger partial charge in [0.15, 0.2) is 0 Å². The zero-order valence-corrected chi connectivity index (χ0v) is 11.3. The molecule has 2 aromatic rings. The lowest BCUT2D eigenvalue weighted by Gasteiger charge is -2.07. The van der Waals surface area contributed by atoms with Gasteiger partial charge in [-0.3, -0.25) is 0 Å². The fraction of sp³-hybridized carbons (Fsp3) is 0.333. The van der Waals surface area contributed by atoms with E-state index in [9.17, 15) is 5.11 Å². The van der Waals surface area contributed by atoms with Crippen molar-refractivity contribution in [3.8, 4) is 5.75 Å². The minimum absolute atomic E-state index is 0.236. The van der Waals surface area contributed by atoms with Crippen molar-refractivity contribution in [2.75, 3.05) is 0 Å². The normalized spacial score (nSPS) is 12.3. The van der Waals surface area contributed by atoms with Gasteiger partial charge in [0, 0.05) is 4.88 Å². The van der Waals surface area contributed by atoms with E-state index in [0.717, 1.165) is 18.6 Å². The van der Waals surface area contributed by atoms with Crippen molar-refractivity contribution >= 4 is 11.3 Å². The Kier molecular flexibility index (Phi) is 4.79. The van der Waals surface area contributed by atoms with Crippen LogP contribution in [-0.2, 0) is 13.0 Å². The molecule has 0 aliphatic carbocycles. The van der Waals surface area contributed by atoms with E-state index < -0.39 is 0 Å².